The molecule has 4 N–H and O–H groups in total. The lowest BCUT2D eigenvalue weighted by Gasteiger charge is -2.39. The summed E-state index contributed by atoms with van der Waals surface area (Å²) in [5.41, 5.74) is 0. The third-order valence-electron chi connectivity index (χ3n) is 10.8. The molecule has 1 rings (SSSR count). The van der Waals surface area contributed by atoms with E-state index in [4.69, 9.17) is 18.9 Å². The SMILES string of the molecule is CCCCCCCC/C=C/CCCCCCCCCC(=O)O[C@H](COC(=O)CCCCCCC/C=C/CCCCCCCC)CO[C@@H]1O[C@H](CO)[C@H](O)C(O)C1O. The Morgan fingerprint density at radius 1 is 0.526 bits per heavy atom. The van der Waals surface area contributed by atoms with Crippen LogP contribution in [-0.4, -0.2) is 89.0 Å². The Balaban J connectivity index is 2.32. The summed E-state index contributed by atoms with van der Waals surface area (Å²) in [4.78, 5) is 25.3. The average molecular weight is 811 g/mol. The van der Waals surface area contributed by atoms with Gasteiger partial charge in [-0.15, -0.1) is 0 Å². The number of allylic oxidation sites excluding steroid dienone is 4. The molecule has 0 saturated carbocycles. The van der Waals surface area contributed by atoms with Crippen LogP contribution >= 0.6 is 0 Å². The normalized spacial score (nSPS) is 20.4. The predicted octanol–water partition coefficient (Wildman–Crippen LogP) is 10.1. The van der Waals surface area contributed by atoms with Crippen molar-refractivity contribution in [2.24, 2.45) is 0 Å². The van der Waals surface area contributed by atoms with Crippen LogP contribution in [0.1, 0.15) is 206 Å². The lowest BCUT2D eigenvalue weighted by atomic mass is 9.99. The smallest absolute Gasteiger partial charge is 0.306 e. The van der Waals surface area contributed by atoms with E-state index in [1.807, 2.05) is 0 Å². The molecule has 0 bridgehead atoms. The van der Waals surface area contributed by atoms with Gasteiger partial charge in [0.25, 0.3) is 0 Å². The predicted molar refractivity (Wildman–Crippen MR) is 229 cm³/mol. The number of aliphatic hydroxyl groups is 4. The molecule has 1 fully saturated rings. The van der Waals surface area contributed by atoms with Crippen LogP contribution in [-0.2, 0) is 28.5 Å². The molecule has 10 heteroatoms. The molecule has 0 amide bonds. The lowest BCUT2D eigenvalue weighted by molar-refractivity contribution is -0.305. The molecule has 0 radical (unpaired) electrons. The van der Waals surface area contributed by atoms with Gasteiger partial charge in [0.2, 0.25) is 0 Å². The van der Waals surface area contributed by atoms with E-state index < -0.39 is 49.4 Å². The van der Waals surface area contributed by atoms with Crippen molar-refractivity contribution in [3.63, 3.8) is 0 Å². The molecular weight excluding hydrogens is 725 g/mol. The Hall–Kier alpha value is -1.82. The van der Waals surface area contributed by atoms with E-state index in [0.717, 1.165) is 64.2 Å². The Bertz CT molecular complexity index is 985. The van der Waals surface area contributed by atoms with Crippen molar-refractivity contribution in [2.45, 2.75) is 243 Å². The molecule has 1 aliphatic rings. The standard InChI is InChI=1S/C47H86O10/c1-3-5-7-9-11-13-15-17-19-20-22-24-26-28-30-32-34-36-43(50)56-40(39-55-47-46(53)45(52)44(51)41(37-48)57-47)38-54-42(49)35-33-31-29-27-25-23-21-18-16-14-12-10-8-6-4-2/h17-19,21,40-41,44-48,51-53H,3-16,20,22-39H2,1-2H3/b19-17+,21-18+/t40-,41-,44+,45?,46?,47-/m1/s1. The second kappa shape index (κ2) is 38.4. The number of carbonyl (C=O) groups excluding carboxylic acids is 2. The fraction of sp³-hybridized carbons (Fsp3) is 0.872. The molecule has 0 aromatic heterocycles. The van der Waals surface area contributed by atoms with E-state index in [-0.39, 0.29) is 32.0 Å². The van der Waals surface area contributed by atoms with Crippen molar-refractivity contribution in [3.8, 4) is 0 Å². The molecule has 1 saturated heterocycles. The highest BCUT2D eigenvalue weighted by Crippen LogP contribution is 2.23. The van der Waals surface area contributed by atoms with Crippen LogP contribution in [0.3, 0.4) is 0 Å². The second-order valence-electron chi connectivity index (χ2n) is 16.2. The number of hydrogen-bond acceptors (Lipinski definition) is 10. The molecule has 1 aliphatic heterocycles. The zero-order chi connectivity index (χ0) is 41.6. The number of hydrogen-bond donors (Lipinski definition) is 4. The molecule has 334 valence electrons. The van der Waals surface area contributed by atoms with Crippen LogP contribution in [0.2, 0.25) is 0 Å². The summed E-state index contributed by atoms with van der Waals surface area (Å²) >= 11 is 0. The minimum Gasteiger partial charge on any atom is -0.462 e. The van der Waals surface area contributed by atoms with E-state index in [1.165, 1.54) is 109 Å². The molecule has 57 heavy (non-hydrogen) atoms. The molecule has 0 aliphatic carbocycles. The summed E-state index contributed by atoms with van der Waals surface area (Å²) in [6.07, 6.45) is 34.6. The van der Waals surface area contributed by atoms with Crippen LogP contribution in [0.15, 0.2) is 24.3 Å². The largest absolute Gasteiger partial charge is 0.462 e. The van der Waals surface area contributed by atoms with Crippen molar-refractivity contribution in [1.82, 2.24) is 0 Å². The first-order valence-electron chi connectivity index (χ1n) is 23.4. The van der Waals surface area contributed by atoms with Crippen molar-refractivity contribution < 1.29 is 49.0 Å². The Morgan fingerprint density at radius 3 is 1.37 bits per heavy atom. The van der Waals surface area contributed by atoms with Crippen LogP contribution < -0.4 is 0 Å². The Morgan fingerprint density at radius 2 is 0.930 bits per heavy atom. The maximum absolute atomic E-state index is 12.8. The number of aliphatic hydroxyl groups excluding tert-OH is 4. The third kappa shape index (κ3) is 30.0. The minimum atomic E-state index is -1.59. The highest BCUT2D eigenvalue weighted by Gasteiger charge is 2.44. The lowest BCUT2D eigenvalue weighted by Crippen LogP contribution is -2.59. The summed E-state index contributed by atoms with van der Waals surface area (Å²) in [6.45, 7) is 3.41. The zero-order valence-electron chi connectivity index (χ0n) is 36.3. The average Bonchev–Trinajstić information content (AvgIpc) is 3.21. The van der Waals surface area contributed by atoms with Gasteiger partial charge >= 0.3 is 11.9 Å². The molecule has 0 aromatic rings. The van der Waals surface area contributed by atoms with Gasteiger partial charge < -0.3 is 39.4 Å². The minimum absolute atomic E-state index is 0.221. The maximum atomic E-state index is 12.8. The van der Waals surface area contributed by atoms with E-state index in [0.29, 0.717) is 6.42 Å². The number of carbonyl (C=O) groups is 2. The topological polar surface area (TPSA) is 152 Å². The van der Waals surface area contributed by atoms with Gasteiger partial charge in [-0.25, -0.2) is 0 Å². The van der Waals surface area contributed by atoms with E-state index >= 15 is 0 Å². The summed E-state index contributed by atoms with van der Waals surface area (Å²) in [5, 5.41) is 40.1. The van der Waals surface area contributed by atoms with Crippen LogP contribution in [0, 0.1) is 0 Å². The van der Waals surface area contributed by atoms with E-state index in [2.05, 4.69) is 38.2 Å². The summed E-state index contributed by atoms with van der Waals surface area (Å²) in [7, 11) is 0. The Labute approximate surface area is 347 Å². The van der Waals surface area contributed by atoms with Crippen molar-refractivity contribution >= 4 is 11.9 Å². The van der Waals surface area contributed by atoms with Gasteiger partial charge in [0, 0.05) is 12.8 Å². The number of rotatable bonds is 39. The first-order chi connectivity index (χ1) is 27.8. The van der Waals surface area contributed by atoms with Gasteiger partial charge in [-0.2, -0.15) is 0 Å². The number of unbranched alkanes of at least 4 members (excludes halogenated alkanes) is 24. The van der Waals surface area contributed by atoms with Gasteiger partial charge in [0.05, 0.1) is 13.2 Å². The van der Waals surface area contributed by atoms with Crippen LogP contribution in [0.25, 0.3) is 0 Å². The van der Waals surface area contributed by atoms with Gasteiger partial charge in [-0.05, 0) is 64.2 Å². The molecular formula is C47H86O10. The highest BCUT2D eigenvalue weighted by molar-refractivity contribution is 5.70. The number of ether oxygens (including phenoxy) is 4. The van der Waals surface area contributed by atoms with Gasteiger partial charge in [-0.1, -0.05) is 154 Å². The summed E-state index contributed by atoms with van der Waals surface area (Å²) in [6, 6.07) is 0. The van der Waals surface area contributed by atoms with Gasteiger partial charge in [0.1, 0.15) is 31.0 Å². The van der Waals surface area contributed by atoms with Crippen molar-refractivity contribution in [1.29, 1.82) is 0 Å². The Kier molecular flexibility index (Phi) is 35.8. The number of esters is 2. The fourth-order valence-electron chi connectivity index (χ4n) is 7.06. The summed E-state index contributed by atoms with van der Waals surface area (Å²) < 4.78 is 22.2. The molecule has 0 aromatic carbocycles. The maximum Gasteiger partial charge on any atom is 0.306 e. The van der Waals surface area contributed by atoms with Crippen LogP contribution in [0.4, 0.5) is 0 Å². The zero-order valence-corrected chi connectivity index (χ0v) is 36.3. The first kappa shape index (κ1) is 53.2. The van der Waals surface area contributed by atoms with E-state index in [1.54, 1.807) is 0 Å². The van der Waals surface area contributed by atoms with Crippen molar-refractivity contribution in [2.75, 3.05) is 19.8 Å². The summed E-state index contributed by atoms with van der Waals surface area (Å²) in [5.74, 6) is -0.816. The second-order valence-corrected chi connectivity index (χ2v) is 16.2. The highest BCUT2D eigenvalue weighted by atomic mass is 16.7. The third-order valence-corrected chi connectivity index (χ3v) is 10.8. The van der Waals surface area contributed by atoms with Gasteiger partial charge in [-0.3, -0.25) is 9.59 Å². The molecule has 2 unspecified atom stereocenters. The molecule has 6 atom stereocenters. The molecule has 1 heterocycles. The molecule has 10 nitrogen and oxygen atoms in total. The van der Waals surface area contributed by atoms with Gasteiger partial charge in [0.15, 0.2) is 12.4 Å². The first-order valence-corrected chi connectivity index (χ1v) is 23.4. The van der Waals surface area contributed by atoms with Crippen LogP contribution in [0.5, 0.6) is 0 Å². The van der Waals surface area contributed by atoms with Crippen molar-refractivity contribution in [3.05, 3.63) is 24.3 Å². The monoisotopic (exact) mass is 811 g/mol. The molecule has 0 spiro atoms. The fourth-order valence-corrected chi connectivity index (χ4v) is 7.06. The quantitative estimate of drug-likeness (QED) is 0.0268. The van der Waals surface area contributed by atoms with E-state index in [9.17, 15) is 30.0 Å².